The first kappa shape index (κ1) is 24.0. The lowest BCUT2D eigenvalue weighted by molar-refractivity contribution is 0.1000. The summed E-state index contributed by atoms with van der Waals surface area (Å²) in [6.45, 7) is 5.57. The third-order valence-electron chi connectivity index (χ3n) is 6.48. The monoisotopic (exact) mass is 439 g/mol. The fourth-order valence-electron chi connectivity index (χ4n) is 4.90. The molecule has 0 N–H and O–H groups in total. The van der Waals surface area contributed by atoms with E-state index in [9.17, 15) is 9.59 Å². The Labute approximate surface area is 191 Å². The maximum absolute atomic E-state index is 12.2. The first-order valence-electron chi connectivity index (χ1n) is 11.8. The average Bonchev–Trinajstić information content (AvgIpc) is 3.52. The van der Waals surface area contributed by atoms with Gasteiger partial charge in [0.1, 0.15) is 23.0 Å². The number of hydrogen-bond donors (Lipinski definition) is 0. The van der Waals surface area contributed by atoms with Crippen LogP contribution < -0.4 is 0 Å². The van der Waals surface area contributed by atoms with Gasteiger partial charge in [-0.15, -0.1) is 0 Å². The van der Waals surface area contributed by atoms with Crippen molar-refractivity contribution in [1.29, 1.82) is 0 Å². The zero-order chi connectivity index (χ0) is 23.3. The zero-order valence-corrected chi connectivity index (χ0v) is 20.2. The first-order valence-corrected chi connectivity index (χ1v) is 11.8. The Bertz CT molecular complexity index is 957. The van der Waals surface area contributed by atoms with E-state index >= 15 is 0 Å². The lowest BCUT2D eigenvalue weighted by Crippen LogP contribution is -2.14. The molecule has 7 nitrogen and oxygen atoms in total. The number of Topliss-reactive ketones (excluding diaryl/α,β-unsaturated/α-hetero) is 1. The van der Waals surface area contributed by atoms with Crippen molar-refractivity contribution in [2.75, 3.05) is 14.1 Å². The topological polar surface area (TPSA) is 73.0 Å². The van der Waals surface area contributed by atoms with Crippen molar-refractivity contribution in [3.8, 4) is 0 Å². The van der Waals surface area contributed by atoms with E-state index in [0.717, 1.165) is 35.9 Å². The van der Waals surface area contributed by atoms with Gasteiger partial charge >= 0.3 is 0 Å². The number of aromatic nitrogens is 4. The smallest absolute Gasteiger partial charge is 0.205 e. The van der Waals surface area contributed by atoms with Gasteiger partial charge in [-0.05, 0) is 39.5 Å². The van der Waals surface area contributed by atoms with E-state index in [4.69, 9.17) is 0 Å². The summed E-state index contributed by atoms with van der Waals surface area (Å²) in [6, 6.07) is 0.968. The molecule has 0 radical (unpaired) electrons. The summed E-state index contributed by atoms with van der Waals surface area (Å²) >= 11 is 0. The van der Waals surface area contributed by atoms with Crippen LogP contribution in [-0.2, 0) is 0 Å². The van der Waals surface area contributed by atoms with Crippen LogP contribution in [0.5, 0.6) is 0 Å². The van der Waals surface area contributed by atoms with Crippen molar-refractivity contribution in [3.05, 3.63) is 47.7 Å². The van der Waals surface area contributed by atoms with Crippen LogP contribution in [0.15, 0.2) is 24.7 Å². The number of nitrogens with zero attached hydrogens (tertiary/aromatic N) is 5. The number of carbonyl (C=O) groups excluding carboxylic acids is 2. The van der Waals surface area contributed by atoms with Crippen LogP contribution >= 0.6 is 0 Å². The second-order valence-corrected chi connectivity index (χ2v) is 9.20. The Morgan fingerprint density at radius 2 is 1.31 bits per heavy atom. The van der Waals surface area contributed by atoms with Gasteiger partial charge in [0.15, 0.2) is 5.78 Å². The van der Waals surface area contributed by atoms with Gasteiger partial charge in [-0.1, -0.05) is 25.7 Å². The lowest BCUT2D eigenvalue weighted by Gasteiger charge is -2.16. The number of rotatable bonds is 6. The van der Waals surface area contributed by atoms with Gasteiger partial charge in [0, 0.05) is 45.4 Å². The molecule has 0 amide bonds. The summed E-state index contributed by atoms with van der Waals surface area (Å²) in [5.74, 6) is 2.08. The molecule has 2 aliphatic carbocycles. The van der Waals surface area contributed by atoms with E-state index in [1.807, 2.05) is 32.8 Å². The molecular weight excluding hydrogens is 402 g/mol. The van der Waals surface area contributed by atoms with E-state index in [0.29, 0.717) is 12.1 Å². The summed E-state index contributed by atoms with van der Waals surface area (Å²) in [4.78, 5) is 33.9. The summed E-state index contributed by atoms with van der Waals surface area (Å²) in [5, 5.41) is 0. The highest BCUT2D eigenvalue weighted by Crippen LogP contribution is 2.32. The Morgan fingerprint density at radius 1 is 0.875 bits per heavy atom. The van der Waals surface area contributed by atoms with Crippen molar-refractivity contribution >= 4 is 11.6 Å². The Morgan fingerprint density at radius 3 is 1.75 bits per heavy atom. The largest absolute Gasteiger partial charge is 0.383 e. The molecule has 4 rings (SSSR count). The molecule has 0 bridgehead atoms. The SMILES string of the molecule is CC(=O)c1cnc(C)n1C1CCCC1.Cc1ncc(C(=O)/C=C/N(C)C)n1C1CCCC1. The van der Waals surface area contributed by atoms with Crippen molar-refractivity contribution in [1.82, 2.24) is 24.0 Å². The predicted molar refractivity (Wildman–Crippen MR) is 126 cm³/mol. The molecular formula is C25H37N5O2. The fraction of sp³-hybridized carbons (Fsp3) is 0.600. The highest BCUT2D eigenvalue weighted by molar-refractivity contribution is 6.03. The number of imidazole rings is 2. The maximum atomic E-state index is 12.2. The van der Waals surface area contributed by atoms with Crippen LogP contribution in [0, 0.1) is 13.8 Å². The Kier molecular flexibility index (Phi) is 8.04. The highest BCUT2D eigenvalue weighted by Gasteiger charge is 2.24. The van der Waals surface area contributed by atoms with Gasteiger partial charge < -0.3 is 14.0 Å². The predicted octanol–water partition coefficient (Wildman–Crippen LogP) is 5.07. The van der Waals surface area contributed by atoms with Crippen molar-refractivity contribution in [2.24, 2.45) is 0 Å². The van der Waals surface area contributed by atoms with E-state index in [2.05, 4.69) is 19.1 Å². The minimum atomic E-state index is 0.0381. The molecule has 0 unspecified atom stereocenters. The molecule has 0 saturated heterocycles. The Hall–Kier alpha value is -2.70. The molecule has 2 aromatic heterocycles. The van der Waals surface area contributed by atoms with E-state index in [1.54, 1.807) is 31.6 Å². The summed E-state index contributed by atoms with van der Waals surface area (Å²) < 4.78 is 4.24. The summed E-state index contributed by atoms with van der Waals surface area (Å²) in [7, 11) is 3.81. The molecule has 174 valence electrons. The van der Waals surface area contributed by atoms with Gasteiger partial charge in [-0.3, -0.25) is 9.59 Å². The standard InChI is InChI=1S/C14H21N3O.C11H16N2O/c1-11-15-10-13(14(18)8-9-16(2)3)17(11)12-6-4-5-7-12;1-8(14)11-7-12-9(2)13(11)10-5-3-4-6-10/h8-10,12H,4-7H2,1-3H3;7,10H,3-6H2,1-2H3/b9-8+;. The average molecular weight is 440 g/mol. The molecule has 2 heterocycles. The third kappa shape index (κ3) is 5.56. The van der Waals surface area contributed by atoms with Crippen molar-refractivity contribution in [3.63, 3.8) is 0 Å². The van der Waals surface area contributed by atoms with Crippen LogP contribution in [0.2, 0.25) is 0 Å². The van der Waals surface area contributed by atoms with E-state index < -0.39 is 0 Å². The van der Waals surface area contributed by atoms with Crippen molar-refractivity contribution < 1.29 is 9.59 Å². The van der Waals surface area contributed by atoms with Crippen LogP contribution in [0.3, 0.4) is 0 Å². The molecule has 0 aromatic carbocycles. The molecule has 0 aliphatic heterocycles. The van der Waals surface area contributed by atoms with Gasteiger partial charge in [-0.2, -0.15) is 0 Å². The van der Waals surface area contributed by atoms with Gasteiger partial charge in [-0.25, -0.2) is 9.97 Å². The van der Waals surface area contributed by atoms with E-state index in [1.165, 1.54) is 38.5 Å². The normalized spacial score (nSPS) is 17.0. The molecule has 2 aliphatic rings. The molecule has 2 saturated carbocycles. The number of ketones is 2. The van der Waals surface area contributed by atoms with Crippen LogP contribution in [-0.4, -0.2) is 49.7 Å². The first-order chi connectivity index (χ1) is 15.3. The second kappa shape index (κ2) is 10.7. The van der Waals surface area contributed by atoms with Crippen LogP contribution in [0.1, 0.15) is 103 Å². The number of aryl methyl sites for hydroxylation is 2. The van der Waals surface area contributed by atoms with Gasteiger partial charge in [0.2, 0.25) is 5.78 Å². The Balaban J connectivity index is 0.000000186. The minimum absolute atomic E-state index is 0.0381. The second-order valence-electron chi connectivity index (χ2n) is 9.20. The van der Waals surface area contributed by atoms with Gasteiger partial charge in [0.25, 0.3) is 0 Å². The fourth-order valence-corrected chi connectivity index (χ4v) is 4.90. The highest BCUT2D eigenvalue weighted by atomic mass is 16.1. The number of carbonyl (C=O) groups is 2. The number of allylic oxidation sites excluding steroid dienone is 1. The summed E-state index contributed by atoms with van der Waals surface area (Å²) in [6.07, 6.45) is 16.6. The number of hydrogen-bond acceptors (Lipinski definition) is 5. The van der Waals surface area contributed by atoms with Crippen LogP contribution in [0.4, 0.5) is 0 Å². The van der Waals surface area contributed by atoms with Crippen molar-refractivity contribution in [2.45, 2.75) is 84.2 Å². The molecule has 2 fully saturated rings. The molecule has 7 heteroatoms. The molecule has 2 aromatic rings. The minimum Gasteiger partial charge on any atom is -0.383 e. The maximum Gasteiger partial charge on any atom is 0.205 e. The van der Waals surface area contributed by atoms with Crippen LogP contribution in [0.25, 0.3) is 0 Å². The third-order valence-corrected chi connectivity index (χ3v) is 6.48. The quantitative estimate of drug-likeness (QED) is 0.464. The van der Waals surface area contributed by atoms with E-state index in [-0.39, 0.29) is 11.6 Å². The molecule has 0 atom stereocenters. The van der Waals surface area contributed by atoms with Gasteiger partial charge in [0.05, 0.1) is 12.4 Å². The summed E-state index contributed by atoms with van der Waals surface area (Å²) in [5.41, 5.74) is 1.49. The molecule has 0 spiro atoms. The zero-order valence-electron chi connectivity index (χ0n) is 20.2. The molecule has 32 heavy (non-hydrogen) atoms. The lowest BCUT2D eigenvalue weighted by atomic mass is 10.2.